The van der Waals surface area contributed by atoms with Crippen LogP contribution in [0.25, 0.3) is 0 Å². The molecule has 0 spiro atoms. The summed E-state index contributed by atoms with van der Waals surface area (Å²) in [5, 5.41) is 3.75. The highest BCUT2D eigenvalue weighted by atomic mass is 32.2. The van der Waals surface area contributed by atoms with Gasteiger partial charge in [-0.15, -0.1) is 0 Å². The van der Waals surface area contributed by atoms with E-state index in [0.717, 1.165) is 16.7 Å². The number of hydrogen-bond donors (Lipinski definition) is 2. The van der Waals surface area contributed by atoms with Gasteiger partial charge in [-0.25, -0.2) is 18.7 Å². The van der Waals surface area contributed by atoms with E-state index in [1.807, 2.05) is 67.6 Å². The van der Waals surface area contributed by atoms with Crippen LogP contribution in [0.15, 0.2) is 94.9 Å². The van der Waals surface area contributed by atoms with Gasteiger partial charge in [0.05, 0.1) is 10.9 Å². The van der Waals surface area contributed by atoms with E-state index < -0.39 is 22.1 Å². The molecule has 3 aromatic carbocycles. The number of benzene rings is 3. The first-order valence-corrected chi connectivity index (χ1v) is 10.0. The fraction of sp³-hybridized carbons (Fsp3) is 0.143. The summed E-state index contributed by atoms with van der Waals surface area (Å²) in [6.45, 7) is 1.90. The van der Waals surface area contributed by atoms with Crippen LogP contribution in [-0.2, 0) is 10.0 Å². The van der Waals surface area contributed by atoms with Gasteiger partial charge < -0.3 is 0 Å². The molecule has 6 heteroatoms. The maximum Gasteiger partial charge on any atom is 0.241 e. The van der Waals surface area contributed by atoms with Crippen LogP contribution in [0.3, 0.4) is 0 Å². The topological polar surface area (TPSA) is 82.4 Å². The number of nitrogens with zero attached hydrogens (tertiary/aromatic N) is 1. The molecule has 0 unspecified atom stereocenters. The summed E-state index contributed by atoms with van der Waals surface area (Å²) < 4.78 is 28.7. The number of nitrogens with one attached hydrogen (secondary N) is 2. The molecule has 0 amide bonds. The second-order valence-electron chi connectivity index (χ2n) is 6.31. The van der Waals surface area contributed by atoms with Gasteiger partial charge in [0.1, 0.15) is 6.04 Å². The summed E-state index contributed by atoms with van der Waals surface area (Å²) in [5.74, 6) is 0. The standard InChI is InChI=1S/C21H21N3O2S/c1-16-12-14-19(15-13-16)27(25,26)24-21(18-10-6-3-7-11-18)20(23-22)17-8-4-2-5-9-17/h2-15,20-22,24H,1H3/t20-,21-/m0/s1. The van der Waals surface area contributed by atoms with Crippen LogP contribution in [0.1, 0.15) is 28.8 Å². The molecule has 0 radical (unpaired) electrons. The van der Waals surface area contributed by atoms with E-state index in [1.165, 1.54) is 0 Å². The first kappa shape index (κ1) is 18.9. The minimum absolute atomic E-state index is 0.186. The molecule has 0 aliphatic carbocycles. The minimum atomic E-state index is -3.78. The van der Waals surface area contributed by atoms with Gasteiger partial charge in [0.15, 0.2) is 0 Å². The SMILES string of the molecule is Cc1ccc(S(=O)(=O)N[C@@H](c2ccccc2)[C@@H](N=N)c2ccccc2)cc1. The maximum absolute atomic E-state index is 13.0. The Morgan fingerprint density at radius 2 is 1.33 bits per heavy atom. The Hall–Kier alpha value is -2.83. The van der Waals surface area contributed by atoms with Crippen LogP contribution < -0.4 is 4.72 Å². The fourth-order valence-electron chi connectivity index (χ4n) is 2.92. The van der Waals surface area contributed by atoms with Gasteiger partial charge in [-0.3, -0.25) is 0 Å². The molecule has 0 aliphatic heterocycles. The molecular weight excluding hydrogens is 358 g/mol. The lowest BCUT2D eigenvalue weighted by Gasteiger charge is -2.25. The molecule has 0 fully saturated rings. The van der Waals surface area contributed by atoms with Crippen LogP contribution in [0.4, 0.5) is 0 Å². The lowest BCUT2D eigenvalue weighted by Crippen LogP contribution is -2.32. The third-order valence-electron chi connectivity index (χ3n) is 4.37. The van der Waals surface area contributed by atoms with Gasteiger partial charge in [-0.05, 0) is 30.2 Å². The zero-order valence-electron chi connectivity index (χ0n) is 14.9. The van der Waals surface area contributed by atoms with Gasteiger partial charge in [-0.2, -0.15) is 5.11 Å². The second kappa shape index (κ2) is 8.24. The zero-order chi connectivity index (χ0) is 19.3. The van der Waals surface area contributed by atoms with Gasteiger partial charge in [0.2, 0.25) is 10.0 Å². The Morgan fingerprint density at radius 3 is 1.85 bits per heavy atom. The summed E-state index contributed by atoms with van der Waals surface area (Å²) in [7, 11) is -3.78. The summed E-state index contributed by atoms with van der Waals surface area (Å²) in [6.07, 6.45) is 0. The van der Waals surface area contributed by atoms with E-state index in [4.69, 9.17) is 5.53 Å². The van der Waals surface area contributed by atoms with Crippen molar-refractivity contribution in [1.29, 1.82) is 5.53 Å². The van der Waals surface area contributed by atoms with E-state index in [9.17, 15) is 8.42 Å². The predicted octanol–water partition coefficient (Wildman–Crippen LogP) is 4.79. The maximum atomic E-state index is 13.0. The molecule has 2 atom stereocenters. The van der Waals surface area contributed by atoms with Crippen molar-refractivity contribution in [2.75, 3.05) is 0 Å². The quantitative estimate of drug-likeness (QED) is 0.579. The molecule has 138 valence electrons. The molecule has 3 rings (SSSR count). The smallest absolute Gasteiger partial charge is 0.209 e. The summed E-state index contributed by atoms with van der Waals surface area (Å²) in [6, 6.07) is 23.8. The lowest BCUT2D eigenvalue weighted by molar-refractivity contribution is 0.487. The van der Waals surface area contributed by atoms with Crippen LogP contribution in [0.5, 0.6) is 0 Å². The highest BCUT2D eigenvalue weighted by Crippen LogP contribution is 2.33. The average Bonchev–Trinajstić information content (AvgIpc) is 2.69. The third-order valence-corrected chi connectivity index (χ3v) is 5.83. The molecule has 0 saturated carbocycles. The van der Waals surface area contributed by atoms with E-state index >= 15 is 0 Å². The average molecular weight is 379 g/mol. The molecule has 0 aromatic heterocycles. The van der Waals surface area contributed by atoms with Crippen molar-refractivity contribution >= 4 is 10.0 Å². The van der Waals surface area contributed by atoms with Crippen molar-refractivity contribution in [1.82, 2.24) is 4.72 Å². The van der Waals surface area contributed by atoms with Gasteiger partial charge in [-0.1, -0.05) is 78.4 Å². The Kier molecular flexibility index (Phi) is 5.78. The van der Waals surface area contributed by atoms with Crippen LogP contribution in [0.2, 0.25) is 0 Å². The third kappa shape index (κ3) is 4.48. The first-order chi connectivity index (χ1) is 13.0. The number of rotatable bonds is 7. The number of hydrogen-bond acceptors (Lipinski definition) is 4. The summed E-state index contributed by atoms with van der Waals surface area (Å²) >= 11 is 0. The highest BCUT2D eigenvalue weighted by Gasteiger charge is 2.29. The van der Waals surface area contributed by atoms with Crippen LogP contribution in [-0.4, -0.2) is 8.42 Å². The monoisotopic (exact) mass is 379 g/mol. The van der Waals surface area contributed by atoms with Gasteiger partial charge in [0, 0.05) is 0 Å². The first-order valence-electron chi connectivity index (χ1n) is 8.57. The highest BCUT2D eigenvalue weighted by molar-refractivity contribution is 7.89. The Morgan fingerprint density at radius 1 is 0.815 bits per heavy atom. The Bertz CT molecular complexity index is 989. The van der Waals surface area contributed by atoms with E-state index in [0.29, 0.717) is 0 Å². The summed E-state index contributed by atoms with van der Waals surface area (Å²) in [5.41, 5.74) is 10.2. The second-order valence-corrected chi connectivity index (χ2v) is 8.02. The van der Waals surface area contributed by atoms with Crippen molar-refractivity contribution in [2.45, 2.75) is 23.9 Å². The molecule has 3 aromatic rings. The van der Waals surface area contributed by atoms with Crippen molar-refractivity contribution in [3.8, 4) is 0 Å². The molecule has 2 N–H and O–H groups in total. The molecule has 0 aliphatic rings. The lowest BCUT2D eigenvalue weighted by atomic mass is 9.95. The largest absolute Gasteiger partial charge is 0.241 e. The molecule has 0 bridgehead atoms. The molecule has 0 saturated heterocycles. The molecular formula is C21H21N3O2S. The molecule has 5 nitrogen and oxygen atoms in total. The normalized spacial score (nSPS) is 13.7. The van der Waals surface area contributed by atoms with E-state index in [1.54, 1.807) is 24.3 Å². The van der Waals surface area contributed by atoms with Crippen molar-refractivity contribution in [3.05, 3.63) is 102 Å². The molecule has 0 heterocycles. The fourth-order valence-corrected chi connectivity index (χ4v) is 4.15. The summed E-state index contributed by atoms with van der Waals surface area (Å²) in [4.78, 5) is 0.186. The Balaban J connectivity index is 2.02. The minimum Gasteiger partial charge on any atom is -0.209 e. The number of sulfonamides is 1. The predicted molar refractivity (Wildman–Crippen MR) is 105 cm³/mol. The van der Waals surface area contributed by atoms with Gasteiger partial charge >= 0.3 is 0 Å². The van der Waals surface area contributed by atoms with Crippen molar-refractivity contribution in [2.24, 2.45) is 5.11 Å². The van der Waals surface area contributed by atoms with Crippen LogP contribution in [0, 0.1) is 12.5 Å². The van der Waals surface area contributed by atoms with Crippen molar-refractivity contribution < 1.29 is 8.42 Å². The zero-order valence-corrected chi connectivity index (χ0v) is 15.7. The Labute approximate surface area is 159 Å². The van der Waals surface area contributed by atoms with Gasteiger partial charge in [0.25, 0.3) is 0 Å². The van der Waals surface area contributed by atoms with Crippen LogP contribution >= 0.6 is 0 Å². The van der Waals surface area contributed by atoms with E-state index in [2.05, 4.69) is 9.84 Å². The van der Waals surface area contributed by atoms with E-state index in [-0.39, 0.29) is 4.90 Å². The molecule has 27 heavy (non-hydrogen) atoms. The number of aryl methyl sites for hydroxylation is 1. The van der Waals surface area contributed by atoms with Crippen molar-refractivity contribution in [3.63, 3.8) is 0 Å².